The van der Waals surface area contributed by atoms with E-state index in [1.165, 1.54) is 0 Å². The van der Waals surface area contributed by atoms with Crippen LogP contribution in [-0.4, -0.2) is 19.0 Å². The van der Waals surface area contributed by atoms with Crippen molar-refractivity contribution in [2.75, 3.05) is 0 Å². The molecule has 3 heteroatoms. The van der Waals surface area contributed by atoms with Crippen molar-refractivity contribution in [3.05, 3.63) is 108 Å². The van der Waals surface area contributed by atoms with Gasteiger partial charge in [-0.1, -0.05) is 99.3 Å². The van der Waals surface area contributed by atoms with E-state index in [0.717, 1.165) is 16.7 Å². The summed E-state index contributed by atoms with van der Waals surface area (Å²) in [5.41, 5.74) is 0.783. The van der Waals surface area contributed by atoms with Crippen molar-refractivity contribution < 1.29 is 9.53 Å². The van der Waals surface area contributed by atoms with Crippen molar-refractivity contribution in [1.29, 1.82) is 0 Å². The minimum Gasteiger partial charge on any atom is -0.405 e. The minimum absolute atomic E-state index is 0.0410. The molecule has 0 amide bonds. The number of hydrogen-bond donors (Lipinski definition) is 1. The van der Waals surface area contributed by atoms with Gasteiger partial charge < -0.3 is 9.53 Å². The smallest absolute Gasteiger partial charge is 0.218 e. The normalized spacial score (nSPS) is 12.7. The Morgan fingerprint density at radius 2 is 1.09 bits per heavy atom. The van der Waals surface area contributed by atoms with Crippen LogP contribution in [0.2, 0.25) is 18.1 Å². The highest BCUT2D eigenvalue weighted by Crippen LogP contribution is 2.42. The van der Waals surface area contributed by atoms with Crippen LogP contribution in [0.4, 0.5) is 0 Å². The van der Waals surface area contributed by atoms with E-state index in [-0.39, 0.29) is 5.04 Å². The summed E-state index contributed by atoms with van der Waals surface area (Å²) in [6.07, 6.45) is -0.716. The van der Waals surface area contributed by atoms with Crippen LogP contribution in [0.25, 0.3) is 0 Å². The van der Waals surface area contributed by atoms with Gasteiger partial charge in [-0.25, -0.2) is 0 Å². The fourth-order valence-corrected chi connectivity index (χ4v) is 4.28. The quantitative estimate of drug-likeness (QED) is 0.358. The summed E-state index contributed by atoms with van der Waals surface area (Å²) in [7, 11) is -2.27. The second kappa shape index (κ2) is 10.2. The molecule has 0 bridgehead atoms. The first-order valence-electron chi connectivity index (χ1n) is 11.2. The maximum Gasteiger partial charge on any atom is 0.218 e. The zero-order valence-electron chi connectivity index (χ0n) is 20.1. The Morgan fingerprint density at radius 3 is 1.48 bits per heavy atom. The van der Waals surface area contributed by atoms with E-state index in [0.29, 0.717) is 0 Å². The first-order valence-corrected chi connectivity index (χ1v) is 14.1. The lowest BCUT2D eigenvalue weighted by Crippen LogP contribution is -2.47. The fourth-order valence-electron chi connectivity index (χ4n) is 3.03. The molecule has 0 aliphatic heterocycles. The van der Waals surface area contributed by atoms with Crippen molar-refractivity contribution in [2.45, 2.75) is 50.6 Å². The molecular formula is C30H32O2Si. The van der Waals surface area contributed by atoms with Gasteiger partial charge in [0.1, 0.15) is 6.10 Å². The molecule has 0 radical (unpaired) electrons. The maximum absolute atomic E-state index is 12.0. The highest BCUT2D eigenvalue weighted by Gasteiger charge is 2.45. The van der Waals surface area contributed by atoms with E-state index in [1.807, 2.05) is 91.0 Å². The van der Waals surface area contributed by atoms with Gasteiger partial charge in [-0.3, -0.25) is 0 Å². The van der Waals surface area contributed by atoms with Crippen LogP contribution in [0.15, 0.2) is 91.0 Å². The van der Waals surface area contributed by atoms with E-state index >= 15 is 0 Å². The Kier molecular flexibility index (Phi) is 7.62. The third-order valence-corrected chi connectivity index (χ3v) is 10.5. The van der Waals surface area contributed by atoms with Crippen LogP contribution in [0.1, 0.15) is 43.6 Å². The molecule has 0 aromatic heterocycles. The zero-order chi connectivity index (χ0) is 24.0. The van der Waals surface area contributed by atoms with Crippen LogP contribution in [0.5, 0.6) is 0 Å². The molecule has 0 saturated carbocycles. The van der Waals surface area contributed by atoms with E-state index in [4.69, 9.17) is 4.43 Å². The van der Waals surface area contributed by atoms with E-state index in [9.17, 15) is 5.11 Å². The molecule has 0 spiro atoms. The van der Waals surface area contributed by atoms with Gasteiger partial charge in [0.15, 0.2) is 8.32 Å². The molecule has 0 fully saturated rings. The summed E-state index contributed by atoms with van der Waals surface area (Å²) >= 11 is 0. The predicted octanol–water partition coefficient (Wildman–Crippen LogP) is 6.58. The molecule has 33 heavy (non-hydrogen) atoms. The van der Waals surface area contributed by atoms with Gasteiger partial charge in [-0.05, 0) is 59.8 Å². The molecule has 1 N–H and O–H groups in total. The topological polar surface area (TPSA) is 29.5 Å². The van der Waals surface area contributed by atoms with Gasteiger partial charge in [-0.15, -0.1) is 0 Å². The van der Waals surface area contributed by atoms with Gasteiger partial charge in [-0.2, -0.15) is 0 Å². The van der Waals surface area contributed by atoms with Crippen molar-refractivity contribution in [3.8, 4) is 23.7 Å². The highest BCUT2D eigenvalue weighted by atomic mass is 28.4. The standard InChI is InChI=1S/C30H32O2Si/c1-29(2,3)33(4,5)32-28(27-19-13-8-14-20-27)30(31,23-21-25-15-9-6-10-16-25)24-22-26-17-11-7-12-18-26/h6-20,28,31H,1-5H3. The molecule has 0 heterocycles. The monoisotopic (exact) mass is 452 g/mol. The lowest BCUT2D eigenvalue weighted by atomic mass is 9.91. The molecule has 1 unspecified atom stereocenters. The number of rotatable bonds is 4. The second-order valence-electron chi connectivity index (χ2n) is 9.67. The van der Waals surface area contributed by atoms with Crippen molar-refractivity contribution in [2.24, 2.45) is 0 Å². The van der Waals surface area contributed by atoms with Crippen molar-refractivity contribution in [3.63, 3.8) is 0 Å². The van der Waals surface area contributed by atoms with Crippen molar-refractivity contribution >= 4 is 8.32 Å². The SMILES string of the molecule is CC(C)(C)[Si](C)(C)OC(c1ccccc1)C(O)(C#Cc1ccccc1)C#Cc1ccccc1. The maximum atomic E-state index is 12.0. The summed E-state index contributed by atoms with van der Waals surface area (Å²) in [5, 5.41) is 12.0. The molecule has 0 saturated heterocycles. The summed E-state index contributed by atoms with van der Waals surface area (Å²) in [4.78, 5) is 0. The number of hydrogen-bond acceptors (Lipinski definition) is 2. The second-order valence-corrected chi connectivity index (χ2v) is 14.4. The van der Waals surface area contributed by atoms with Crippen molar-refractivity contribution in [1.82, 2.24) is 0 Å². The molecule has 0 aliphatic rings. The average molecular weight is 453 g/mol. The molecule has 3 aromatic rings. The summed E-state index contributed by atoms with van der Waals surface area (Å²) in [6, 6.07) is 29.1. The first-order chi connectivity index (χ1) is 15.6. The molecule has 3 rings (SSSR count). The van der Waals surface area contributed by atoms with Crippen LogP contribution in [0, 0.1) is 23.7 Å². The lowest BCUT2D eigenvalue weighted by molar-refractivity contribution is 0.0150. The van der Waals surface area contributed by atoms with Gasteiger partial charge in [0.25, 0.3) is 0 Å². The largest absolute Gasteiger partial charge is 0.405 e. The Labute approximate surface area is 199 Å². The third kappa shape index (κ3) is 6.47. The van der Waals surface area contributed by atoms with E-state index in [2.05, 4.69) is 57.5 Å². The summed E-state index contributed by atoms with van der Waals surface area (Å²) < 4.78 is 6.81. The molecule has 3 aromatic carbocycles. The average Bonchev–Trinajstić information content (AvgIpc) is 2.81. The third-order valence-electron chi connectivity index (χ3n) is 6.04. The van der Waals surface area contributed by atoms with Crippen LogP contribution < -0.4 is 0 Å². The van der Waals surface area contributed by atoms with Gasteiger partial charge in [0, 0.05) is 11.1 Å². The van der Waals surface area contributed by atoms with E-state index in [1.54, 1.807) is 0 Å². The van der Waals surface area contributed by atoms with Gasteiger partial charge in [0.05, 0.1) is 0 Å². The van der Waals surface area contributed by atoms with Gasteiger partial charge >= 0.3 is 0 Å². The fraction of sp³-hybridized carbons (Fsp3) is 0.267. The molecule has 168 valence electrons. The Hall–Kier alpha value is -3.08. The number of benzene rings is 3. The minimum atomic E-state index is -2.27. The number of aliphatic hydroxyl groups is 1. The highest BCUT2D eigenvalue weighted by molar-refractivity contribution is 6.74. The molecular weight excluding hydrogens is 420 g/mol. The summed E-state index contributed by atoms with van der Waals surface area (Å²) in [5.74, 6) is 12.4. The summed E-state index contributed by atoms with van der Waals surface area (Å²) in [6.45, 7) is 10.9. The van der Waals surface area contributed by atoms with Gasteiger partial charge in [0.2, 0.25) is 5.60 Å². The Morgan fingerprint density at radius 1 is 0.697 bits per heavy atom. The molecule has 2 nitrogen and oxygen atoms in total. The Bertz CT molecular complexity index is 1100. The lowest BCUT2D eigenvalue weighted by Gasteiger charge is -2.42. The van der Waals surface area contributed by atoms with Crippen LogP contribution in [-0.2, 0) is 4.43 Å². The first kappa shape index (κ1) is 24.6. The molecule has 0 aliphatic carbocycles. The predicted molar refractivity (Wildman–Crippen MR) is 139 cm³/mol. The Balaban J connectivity index is 2.17. The van der Waals surface area contributed by atoms with Crippen LogP contribution in [0.3, 0.4) is 0 Å². The molecule has 1 atom stereocenters. The van der Waals surface area contributed by atoms with E-state index < -0.39 is 20.0 Å². The zero-order valence-corrected chi connectivity index (χ0v) is 21.1. The van der Waals surface area contributed by atoms with Crippen LogP contribution >= 0.6 is 0 Å².